The monoisotopic (exact) mass is 441 g/mol. The van der Waals surface area contributed by atoms with Crippen molar-refractivity contribution in [2.45, 2.75) is 39.2 Å². The first-order valence-corrected chi connectivity index (χ1v) is 11.9. The van der Waals surface area contributed by atoms with E-state index in [1.165, 1.54) is 31.5 Å². The molecule has 1 N–H and O–H groups in total. The van der Waals surface area contributed by atoms with E-state index in [1.807, 2.05) is 28.9 Å². The summed E-state index contributed by atoms with van der Waals surface area (Å²) < 4.78 is 1.93. The Hall–Kier alpha value is -1.89. The number of carbonyl (C=O) groups is 1. The fourth-order valence-electron chi connectivity index (χ4n) is 5.55. The Morgan fingerprint density at radius 2 is 1.87 bits per heavy atom. The summed E-state index contributed by atoms with van der Waals surface area (Å²) in [6.45, 7) is 9.36. The molecule has 2 aliphatic heterocycles. The number of likely N-dealkylation sites (tertiary alicyclic amines) is 2. The molecule has 0 atom stereocenters. The molecule has 1 aliphatic carbocycles. The minimum Gasteiger partial charge on any atom is -0.355 e. The van der Waals surface area contributed by atoms with Gasteiger partial charge in [-0.05, 0) is 75.4 Å². The predicted molar refractivity (Wildman–Crippen MR) is 122 cm³/mol. The molecule has 1 aromatic carbocycles. The van der Waals surface area contributed by atoms with Crippen molar-refractivity contribution >= 4 is 17.5 Å². The second-order valence-electron chi connectivity index (χ2n) is 9.75. The number of hydrogen-bond acceptors (Lipinski definition) is 4. The van der Waals surface area contributed by atoms with Crippen LogP contribution in [0.4, 0.5) is 0 Å². The summed E-state index contributed by atoms with van der Waals surface area (Å²) >= 11 is 6.00. The van der Waals surface area contributed by atoms with E-state index in [2.05, 4.69) is 33.3 Å². The van der Waals surface area contributed by atoms with Gasteiger partial charge in [0.1, 0.15) is 0 Å². The van der Waals surface area contributed by atoms with E-state index in [4.69, 9.17) is 11.6 Å². The Morgan fingerprint density at radius 3 is 2.58 bits per heavy atom. The summed E-state index contributed by atoms with van der Waals surface area (Å²) in [6, 6.07) is 7.76. The molecule has 6 nitrogen and oxygen atoms in total. The molecule has 0 unspecified atom stereocenters. The SMILES string of the molecule is Cc1nn(-c2ccc(Cl)cc2)cc1CN1CC2(CC(C(=O)NCCN3CCCC3)C2)C1. The molecule has 7 heteroatoms. The van der Waals surface area contributed by atoms with Gasteiger partial charge in [-0.25, -0.2) is 4.68 Å². The number of carbonyl (C=O) groups excluding carboxylic acids is 1. The van der Waals surface area contributed by atoms with Crippen LogP contribution >= 0.6 is 11.6 Å². The van der Waals surface area contributed by atoms with E-state index < -0.39 is 0 Å². The summed E-state index contributed by atoms with van der Waals surface area (Å²) in [4.78, 5) is 17.4. The van der Waals surface area contributed by atoms with Gasteiger partial charge in [-0.2, -0.15) is 5.10 Å². The average molecular weight is 442 g/mol. The lowest BCUT2D eigenvalue weighted by Crippen LogP contribution is -2.63. The van der Waals surface area contributed by atoms with Crippen molar-refractivity contribution in [2.24, 2.45) is 11.3 Å². The van der Waals surface area contributed by atoms with E-state index >= 15 is 0 Å². The molecular weight excluding hydrogens is 410 g/mol. The quantitative estimate of drug-likeness (QED) is 0.716. The number of amides is 1. The number of nitrogens with zero attached hydrogens (tertiary/aromatic N) is 4. The highest BCUT2D eigenvalue weighted by molar-refractivity contribution is 6.30. The highest BCUT2D eigenvalue weighted by Crippen LogP contribution is 2.52. The van der Waals surface area contributed by atoms with Crippen molar-refractivity contribution in [2.75, 3.05) is 39.3 Å². The van der Waals surface area contributed by atoms with Crippen molar-refractivity contribution in [3.05, 3.63) is 46.7 Å². The lowest BCUT2D eigenvalue weighted by molar-refractivity contribution is -0.145. The molecule has 3 heterocycles. The van der Waals surface area contributed by atoms with Gasteiger partial charge in [-0.1, -0.05) is 11.6 Å². The van der Waals surface area contributed by atoms with Crippen molar-refractivity contribution in [3.8, 4) is 5.69 Å². The van der Waals surface area contributed by atoms with Crippen LogP contribution in [0.25, 0.3) is 5.69 Å². The molecule has 0 radical (unpaired) electrons. The standard InChI is InChI=1S/C24H32ClN5O/c1-18-20(15-30(27-18)22-6-4-21(25)5-7-22)14-29-16-24(17-29)12-19(13-24)23(31)26-8-11-28-9-2-3-10-28/h4-7,15,19H,2-3,8-14,16-17H2,1H3,(H,26,31). The van der Waals surface area contributed by atoms with E-state index in [1.54, 1.807) is 0 Å². The molecule has 1 aromatic heterocycles. The zero-order valence-corrected chi connectivity index (χ0v) is 19.1. The minimum atomic E-state index is 0.218. The van der Waals surface area contributed by atoms with Crippen LogP contribution in [0, 0.1) is 18.3 Å². The third-order valence-electron chi connectivity index (χ3n) is 7.26. The first-order chi connectivity index (χ1) is 15.0. The Labute approximate surface area is 189 Å². The maximum absolute atomic E-state index is 12.4. The molecular formula is C24H32ClN5O. The largest absolute Gasteiger partial charge is 0.355 e. The number of rotatable bonds is 7. The van der Waals surface area contributed by atoms with Crippen molar-refractivity contribution in [1.29, 1.82) is 0 Å². The number of hydrogen-bond donors (Lipinski definition) is 1. The van der Waals surface area contributed by atoms with Gasteiger partial charge in [-0.15, -0.1) is 0 Å². The Bertz CT molecular complexity index is 920. The van der Waals surface area contributed by atoms with Crippen molar-refractivity contribution in [3.63, 3.8) is 0 Å². The molecule has 5 rings (SSSR count). The maximum atomic E-state index is 12.4. The Morgan fingerprint density at radius 1 is 1.16 bits per heavy atom. The summed E-state index contributed by atoms with van der Waals surface area (Å²) in [5.74, 6) is 0.485. The lowest BCUT2D eigenvalue weighted by Gasteiger charge is -2.58. The first kappa shape index (κ1) is 21.0. The fraction of sp³-hybridized carbons (Fsp3) is 0.583. The Balaban J connectivity index is 1.06. The van der Waals surface area contributed by atoms with E-state index in [0.717, 1.165) is 62.0 Å². The number of benzene rings is 1. The van der Waals surface area contributed by atoms with Crippen molar-refractivity contribution in [1.82, 2.24) is 24.9 Å². The van der Waals surface area contributed by atoms with Crippen LogP contribution in [0.1, 0.15) is 36.9 Å². The van der Waals surface area contributed by atoms with Gasteiger partial charge >= 0.3 is 0 Å². The molecule has 2 saturated heterocycles. The summed E-state index contributed by atoms with van der Waals surface area (Å²) in [6.07, 6.45) is 6.82. The molecule has 3 fully saturated rings. The van der Waals surface area contributed by atoms with Crippen LogP contribution in [0.5, 0.6) is 0 Å². The summed E-state index contributed by atoms with van der Waals surface area (Å²) in [5, 5.41) is 8.57. The highest BCUT2D eigenvalue weighted by atomic mass is 35.5. The van der Waals surface area contributed by atoms with Gasteiger partial charge in [-0.3, -0.25) is 9.69 Å². The molecule has 2 aromatic rings. The van der Waals surface area contributed by atoms with Gasteiger partial charge in [0.05, 0.1) is 11.4 Å². The minimum absolute atomic E-state index is 0.218. The normalized spacial score (nSPS) is 21.2. The van der Waals surface area contributed by atoms with E-state index in [0.29, 0.717) is 5.41 Å². The van der Waals surface area contributed by atoms with Crippen LogP contribution in [-0.2, 0) is 11.3 Å². The van der Waals surface area contributed by atoms with Crippen LogP contribution in [0.3, 0.4) is 0 Å². The van der Waals surface area contributed by atoms with Crippen LogP contribution in [-0.4, -0.2) is 64.8 Å². The third-order valence-corrected chi connectivity index (χ3v) is 7.51. The zero-order valence-electron chi connectivity index (χ0n) is 18.3. The smallest absolute Gasteiger partial charge is 0.223 e. The highest BCUT2D eigenvalue weighted by Gasteiger charge is 2.54. The fourth-order valence-corrected chi connectivity index (χ4v) is 5.68. The van der Waals surface area contributed by atoms with Gasteiger partial charge in [0.15, 0.2) is 0 Å². The summed E-state index contributed by atoms with van der Waals surface area (Å²) in [7, 11) is 0. The second-order valence-corrected chi connectivity index (χ2v) is 10.2. The van der Waals surface area contributed by atoms with Gasteiger partial charge in [0.25, 0.3) is 0 Å². The lowest BCUT2D eigenvalue weighted by atomic mass is 9.57. The number of aryl methyl sites for hydroxylation is 1. The van der Waals surface area contributed by atoms with Crippen molar-refractivity contribution < 1.29 is 4.79 Å². The van der Waals surface area contributed by atoms with Crippen LogP contribution < -0.4 is 5.32 Å². The maximum Gasteiger partial charge on any atom is 0.223 e. The number of nitrogens with one attached hydrogen (secondary N) is 1. The average Bonchev–Trinajstić information content (AvgIpc) is 3.33. The van der Waals surface area contributed by atoms with Gasteiger partial charge in [0.2, 0.25) is 5.91 Å². The van der Waals surface area contributed by atoms with E-state index in [9.17, 15) is 4.79 Å². The molecule has 31 heavy (non-hydrogen) atoms. The van der Waals surface area contributed by atoms with E-state index in [-0.39, 0.29) is 11.8 Å². The molecule has 166 valence electrons. The topological polar surface area (TPSA) is 53.4 Å². The molecule has 0 bridgehead atoms. The van der Waals surface area contributed by atoms with Crippen LogP contribution in [0.15, 0.2) is 30.5 Å². The van der Waals surface area contributed by atoms with Gasteiger partial charge in [0, 0.05) is 55.4 Å². The molecule has 3 aliphatic rings. The van der Waals surface area contributed by atoms with Crippen LogP contribution in [0.2, 0.25) is 5.02 Å². The second kappa shape index (κ2) is 8.57. The molecule has 1 saturated carbocycles. The van der Waals surface area contributed by atoms with Gasteiger partial charge < -0.3 is 10.2 Å². The molecule has 1 amide bonds. The first-order valence-electron chi connectivity index (χ1n) is 11.5. The predicted octanol–water partition coefficient (Wildman–Crippen LogP) is 3.26. The number of halogens is 1. The zero-order chi connectivity index (χ0) is 21.4. The number of aromatic nitrogens is 2. The molecule has 1 spiro atoms. The summed E-state index contributed by atoms with van der Waals surface area (Å²) in [5.41, 5.74) is 3.73. The third kappa shape index (κ3) is 4.52. The Kier molecular flexibility index (Phi) is 5.80.